The second kappa shape index (κ2) is 8.03. The average Bonchev–Trinajstić information content (AvgIpc) is 2.75. The molecule has 6 nitrogen and oxygen atoms in total. The molecule has 2 aliphatic rings. The second-order valence-electron chi connectivity index (χ2n) is 6.99. The smallest absolute Gasteiger partial charge is 0.335 e. The van der Waals surface area contributed by atoms with Crippen molar-refractivity contribution in [2.24, 2.45) is 0 Å². The number of nitrogens with one attached hydrogen (secondary N) is 1. The molecule has 2 aliphatic heterocycles. The first kappa shape index (κ1) is 18.5. The molecule has 0 radical (unpaired) electrons. The molecule has 0 bridgehead atoms. The molecule has 0 spiro atoms. The SMILES string of the molecule is N#Cc1ccc2c(c1)NSc1cc(C(=O)O)ccc1OCCC1CCCCN21. The number of fused-ring (bicyclic) bond motifs is 4. The molecule has 1 atom stereocenters. The zero-order valence-electron chi connectivity index (χ0n) is 15.4. The lowest BCUT2D eigenvalue weighted by Gasteiger charge is -2.38. The number of carboxylic acids is 1. The monoisotopic (exact) mass is 395 g/mol. The van der Waals surface area contributed by atoms with E-state index < -0.39 is 5.97 Å². The average molecular weight is 395 g/mol. The van der Waals surface area contributed by atoms with Gasteiger partial charge in [-0.2, -0.15) is 5.26 Å². The summed E-state index contributed by atoms with van der Waals surface area (Å²) in [5, 5.41) is 18.6. The van der Waals surface area contributed by atoms with Crippen LogP contribution in [0.25, 0.3) is 0 Å². The molecule has 2 aromatic carbocycles. The van der Waals surface area contributed by atoms with Crippen LogP contribution in [-0.4, -0.2) is 30.3 Å². The van der Waals surface area contributed by atoms with E-state index in [-0.39, 0.29) is 5.56 Å². The Kier molecular flexibility index (Phi) is 5.31. The van der Waals surface area contributed by atoms with Gasteiger partial charge in [-0.1, -0.05) is 0 Å². The lowest BCUT2D eigenvalue weighted by molar-refractivity contribution is 0.0696. The minimum Gasteiger partial charge on any atom is -0.492 e. The fraction of sp³-hybridized carbons (Fsp3) is 0.333. The summed E-state index contributed by atoms with van der Waals surface area (Å²) in [5.74, 6) is -0.299. The normalized spacial score (nSPS) is 18.8. The first-order chi connectivity index (χ1) is 13.7. The van der Waals surface area contributed by atoms with Crippen molar-refractivity contribution in [3.05, 3.63) is 47.5 Å². The van der Waals surface area contributed by atoms with Crippen LogP contribution >= 0.6 is 11.9 Å². The Morgan fingerprint density at radius 1 is 1.25 bits per heavy atom. The van der Waals surface area contributed by atoms with Gasteiger partial charge in [0.15, 0.2) is 0 Å². The molecule has 0 aliphatic carbocycles. The van der Waals surface area contributed by atoms with Crippen molar-refractivity contribution in [2.75, 3.05) is 22.8 Å². The number of anilines is 2. The molecule has 0 amide bonds. The van der Waals surface area contributed by atoms with Gasteiger partial charge in [-0.25, -0.2) is 4.79 Å². The first-order valence-corrected chi connectivity index (χ1v) is 10.2. The second-order valence-corrected chi connectivity index (χ2v) is 7.84. The zero-order valence-corrected chi connectivity index (χ0v) is 16.2. The molecule has 2 N–H and O–H groups in total. The highest BCUT2D eigenvalue weighted by molar-refractivity contribution is 8.00. The van der Waals surface area contributed by atoms with Gasteiger partial charge in [-0.15, -0.1) is 0 Å². The molecule has 1 fully saturated rings. The fourth-order valence-electron chi connectivity index (χ4n) is 3.81. The molecule has 2 aromatic rings. The summed E-state index contributed by atoms with van der Waals surface area (Å²) in [6.07, 6.45) is 4.35. The molecule has 28 heavy (non-hydrogen) atoms. The number of carbonyl (C=O) groups is 1. The zero-order chi connectivity index (χ0) is 19.5. The van der Waals surface area contributed by atoms with Crippen LogP contribution < -0.4 is 14.4 Å². The quantitative estimate of drug-likeness (QED) is 0.687. The highest BCUT2D eigenvalue weighted by atomic mass is 32.2. The number of benzene rings is 2. The number of piperidine rings is 1. The van der Waals surface area contributed by atoms with Crippen molar-refractivity contribution in [1.82, 2.24) is 0 Å². The summed E-state index contributed by atoms with van der Waals surface area (Å²) in [4.78, 5) is 14.5. The number of hydrogen-bond acceptors (Lipinski definition) is 6. The number of nitriles is 1. The maximum absolute atomic E-state index is 11.4. The van der Waals surface area contributed by atoms with E-state index in [2.05, 4.69) is 15.7 Å². The summed E-state index contributed by atoms with van der Waals surface area (Å²) >= 11 is 1.31. The number of carboxylic acid groups (broad SMARTS) is 1. The van der Waals surface area contributed by atoms with Gasteiger partial charge < -0.3 is 19.5 Å². The highest BCUT2D eigenvalue weighted by Gasteiger charge is 2.26. The van der Waals surface area contributed by atoms with Crippen molar-refractivity contribution in [3.8, 4) is 11.8 Å². The van der Waals surface area contributed by atoms with Crippen LogP contribution in [0.5, 0.6) is 5.75 Å². The van der Waals surface area contributed by atoms with E-state index in [0.29, 0.717) is 28.9 Å². The Balaban J connectivity index is 1.75. The van der Waals surface area contributed by atoms with Gasteiger partial charge in [0.1, 0.15) is 5.75 Å². The van der Waals surface area contributed by atoms with E-state index in [1.807, 2.05) is 18.2 Å². The van der Waals surface area contributed by atoms with Gasteiger partial charge in [0.2, 0.25) is 0 Å². The minimum atomic E-state index is -0.970. The van der Waals surface area contributed by atoms with Gasteiger partial charge in [0.05, 0.1) is 40.1 Å². The fourth-order valence-corrected chi connectivity index (χ4v) is 4.61. The van der Waals surface area contributed by atoms with E-state index in [4.69, 9.17) is 4.74 Å². The maximum atomic E-state index is 11.4. The van der Waals surface area contributed by atoms with Crippen LogP contribution in [0.15, 0.2) is 41.3 Å². The van der Waals surface area contributed by atoms with Crippen molar-refractivity contribution in [2.45, 2.75) is 36.6 Å². The Bertz CT molecular complexity index is 941. The maximum Gasteiger partial charge on any atom is 0.335 e. The largest absolute Gasteiger partial charge is 0.492 e. The van der Waals surface area contributed by atoms with Crippen molar-refractivity contribution in [1.29, 1.82) is 5.26 Å². The van der Waals surface area contributed by atoms with Crippen LogP contribution in [0, 0.1) is 11.3 Å². The molecule has 1 unspecified atom stereocenters. The summed E-state index contributed by atoms with van der Waals surface area (Å²) < 4.78 is 9.36. The Morgan fingerprint density at radius 2 is 2.14 bits per heavy atom. The third-order valence-corrected chi connectivity index (χ3v) is 6.09. The molecular weight excluding hydrogens is 374 g/mol. The van der Waals surface area contributed by atoms with Gasteiger partial charge in [0.25, 0.3) is 0 Å². The topological polar surface area (TPSA) is 85.6 Å². The van der Waals surface area contributed by atoms with Crippen molar-refractivity contribution in [3.63, 3.8) is 0 Å². The van der Waals surface area contributed by atoms with E-state index >= 15 is 0 Å². The molecule has 0 saturated carbocycles. The van der Waals surface area contributed by atoms with Crippen LogP contribution in [0.3, 0.4) is 0 Å². The molecule has 7 heteroatoms. The molecule has 2 heterocycles. The Morgan fingerprint density at radius 3 is 2.96 bits per heavy atom. The lowest BCUT2D eigenvalue weighted by Crippen LogP contribution is -2.40. The first-order valence-electron chi connectivity index (χ1n) is 9.39. The number of hydrogen-bond donors (Lipinski definition) is 2. The van der Waals surface area contributed by atoms with Crippen molar-refractivity contribution < 1.29 is 14.6 Å². The summed E-state index contributed by atoms with van der Waals surface area (Å²) in [6.45, 7) is 1.55. The molecular formula is C21H21N3O3S. The van der Waals surface area contributed by atoms with E-state index in [9.17, 15) is 15.2 Å². The summed E-state index contributed by atoms with van der Waals surface area (Å²) in [6, 6.07) is 13.2. The third-order valence-electron chi connectivity index (χ3n) is 5.23. The Hall–Kier alpha value is -2.85. The summed E-state index contributed by atoms with van der Waals surface area (Å²) in [7, 11) is 0. The molecule has 0 aromatic heterocycles. The highest BCUT2D eigenvalue weighted by Crippen LogP contribution is 2.38. The molecule has 4 rings (SSSR count). The third kappa shape index (κ3) is 3.73. The van der Waals surface area contributed by atoms with Gasteiger partial charge >= 0.3 is 5.97 Å². The van der Waals surface area contributed by atoms with Gasteiger partial charge in [0, 0.05) is 19.0 Å². The number of nitrogens with zero attached hydrogens (tertiary/aromatic N) is 2. The van der Waals surface area contributed by atoms with Crippen molar-refractivity contribution >= 4 is 29.3 Å². The Labute approximate surface area is 168 Å². The number of ether oxygens (including phenoxy) is 1. The standard InChI is InChI=1S/C21H21N3O3S/c22-13-14-4-6-18-17(11-14)23-28-20-12-15(21(25)26)5-7-19(20)27-10-8-16-3-1-2-9-24(16)18/h4-7,11-12,16,23H,1-3,8-10H2,(H,25,26). The van der Waals surface area contributed by atoms with Gasteiger partial charge in [-0.3, -0.25) is 0 Å². The molecule has 144 valence electrons. The van der Waals surface area contributed by atoms with E-state index in [1.54, 1.807) is 18.2 Å². The van der Waals surface area contributed by atoms with Crippen LogP contribution in [0.1, 0.15) is 41.6 Å². The van der Waals surface area contributed by atoms with Gasteiger partial charge in [-0.05, 0) is 67.6 Å². The minimum absolute atomic E-state index is 0.218. The lowest BCUT2D eigenvalue weighted by atomic mass is 9.98. The molecule has 1 saturated heterocycles. The van der Waals surface area contributed by atoms with Crippen LogP contribution in [0.2, 0.25) is 0 Å². The predicted molar refractivity (Wildman–Crippen MR) is 109 cm³/mol. The van der Waals surface area contributed by atoms with Crippen LogP contribution in [0.4, 0.5) is 11.4 Å². The number of aromatic carboxylic acids is 1. The summed E-state index contributed by atoms with van der Waals surface area (Å²) in [5.41, 5.74) is 2.75. The predicted octanol–water partition coefficient (Wildman–Crippen LogP) is 4.52. The van der Waals surface area contributed by atoms with Crippen LogP contribution in [-0.2, 0) is 0 Å². The van der Waals surface area contributed by atoms with E-state index in [0.717, 1.165) is 37.2 Å². The van der Waals surface area contributed by atoms with E-state index in [1.165, 1.54) is 18.4 Å². The number of rotatable bonds is 1.